The smallest absolute Gasteiger partial charge is 0.362 e. The van der Waals surface area contributed by atoms with Gasteiger partial charge < -0.3 is 24.4 Å². The number of hydrogen-bond acceptors (Lipinski definition) is 6. The van der Waals surface area contributed by atoms with Crippen LogP contribution >= 0.6 is 7.60 Å². The van der Waals surface area contributed by atoms with Crippen molar-refractivity contribution in [2.24, 2.45) is 0 Å². The van der Waals surface area contributed by atoms with Crippen molar-refractivity contribution in [3.63, 3.8) is 0 Å². The first kappa shape index (κ1) is 21.3. The molecule has 0 aliphatic rings. The van der Waals surface area contributed by atoms with Crippen molar-refractivity contribution in [2.45, 2.75) is 19.6 Å². The molecule has 0 aliphatic heterocycles. The highest BCUT2D eigenvalue weighted by Crippen LogP contribution is 2.52. The van der Waals surface area contributed by atoms with E-state index in [2.05, 4.69) is 5.32 Å². The minimum Gasteiger partial charge on any atom is -0.395 e. The van der Waals surface area contributed by atoms with Crippen LogP contribution in [0.2, 0.25) is 0 Å². The van der Waals surface area contributed by atoms with Gasteiger partial charge in [-0.3, -0.25) is 14.2 Å². The van der Waals surface area contributed by atoms with Gasteiger partial charge in [0, 0.05) is 19.2 Å². The molecule has 0 aliphatic carbocycles. The topological polar surface area (TPSA) is 105 Å². The molecule has 0 saturated carbocycles. The maximum absolute atomic E-state index is 13.1. The first-order valence-corrected chi connectivity index (χ1v) is 9.61. The van der Waals surface area contributed by atoms with E-state index in [1.165, 1.54) is 11.9 Å². The number of nitrogens with zero attached hydrogens (tertiary/aromatic N) is 1. The molecule has 9 heteroatoms. The van der Waals surface area contributed by atoms with Crippen molar-refractivity contribution in [1.82, 2.24) is 10.2 Å². The summed E-state index contributed by atoms with van der Waals surface area (Å²) >= 11 is 0. The van der Waals surface area contributed by atoms with Crippen LogP contribution in [0.4, 0.5) is 0 Å². The highest BCUT2D eigenvalue weighted by atomic mass is 31.2. The van der Waals surface area contributed by atoms with Crippen molar-refractivity contribution in [3.05, 3.63) is 35.9 Å². The van der Waals surface area contributed by atoms with Gasteiger partial charge in [0.25, 0.3) is 11.8 Å². The van der Waals surface area contributed by atoms with E-state index >= 15 is 0 Å². The molecule has 1 unspecified atom stereocenters. The Balaban J connectivity index is 3.15. The Morgan fingerprint density at radius 2 is 1.76 bits per heavy atom. The molecule has 0 aromatic heterocycles. The lowest BCUT2D eigenvalue weighted by molar-refractivity contribution is -0.130. The van der Waals surface area contributed by atoms with E-state index in [9.17, 15) is 14.2 Å². The lowest BCUT2D eigenvalue weighted by Crippen LogP contribution is -2.48. The number of carbonyl (C=O) groups is 2. The summed E-state index contributed by atoms with van der Waals surface area (Å²) in [5.74, 6) is -2.74. The number of benzene rings is 1. The number of aliphatic hydroxyl groups is 1. The van der Waals surface area contributed by atoms with Gasteiger partial charge in [-0.1, -0.05) is 18.2 Å². The second-order valence-electron chi connectivity index (χ2n) is 5.10. The number of rotatable bonds is 10. The molecule has 1 rings (SSSR count). The Labute approximate surface area is 147 Å². The molecular formula is C16H25N2O6P. The van der Waals surface area contributed by atoms with Crippen molar-refractivity contribution in [2.75, 3.05) is 33.4 Å². The monoisotopic (exact) mass is 372 g/mol. The summed E-state index contributed by atoms with van der Waals surface area (Å²) in [6.07, 6.45) is 0. The minimum atomic E-state index is -3.94. The number of likely N-dealkylation sites (N-methyl/N-ethyl adjacent to an activating group) is 1. The summed E-state index contributed by atoms with van der Waals surface area (Å²) in [4.78, 5) is 26.3. The third-order valence-electron chi connectivity index (χ3n) is 3.28. The van der Waals surface area contributed by atoms with Gasteiger partial charge in [0.15, 0.2) is 0 Å². The maximum atomic E-state index is 13.1. The van der Waals surface area contributed by atoms with Crippen LogP contribution in [0.15, 0.2) is 30.3 Å². The zero-order valence-corrected chi connectivity index (χ0v) is 15.6. The van der Waals surface area contributed by atoms with Crippen LogP contribution in [0.5, 0.6) is 0 Å². The Morgan fingerprint density at radius 3 is 2.24 bits per heavy atom. The molecule has 2 amide bonds. The van der Waals surface area contributed by atoms with Crippen LogP contribution in [0.1, 0.15) is 24.2 Å². The fraction of sp³-hybridized carbons (Fsp3) is 0.500. The number of hydrogen-bond donors (Lipinski definition) is 2. The Hall–Kier alpha value is -1.73. The lowest BCUT2D eigenvalue weighted by atomic mass is 10.2. The Bertz CT molecular complexity index is 600. The SMILES string of the molecule is CCOP(=O)(OCC)C(NC(=O)c1ccccc1)C(=O)N(C)CCO. The summed E-state index contributed by atoms with van der Waals surface area (Å²) in [5, 5.41) is 11.5. The second-order valence-corrected chi connectivity index (χ2v) is 7.21. The molecule has 0 fully saturated rings. The van der Waals surface area contributed by atoms with E-state index in [-0.39, 0.29) is 26.4 Å². The molecule has 0 radical (unpaired) electrons. The fourth-order valence-electron chi connectivity index (χ4n) is 2.09. The number of aliphatic hydroxyl groups excluding tert-OH is 1. The Morgan fingerprint density at radius 1 is 1.20 bits per heavy atom. The van der Waals surface area contributed by atoms with E-state index in [1.54, 1.807) is 44.2 Å². The van der Waals surface area contributed by atoms with Crippen LogP contribution < -0.4 is 5.32 Å². The van der Waals surface area contributed by atoms with E-state index in [0.29, 0.717) is 5.56 Å². The summed E-state index contributed by atoms with van der Waals surface area (Å²) in [7, 11) is -2.51. The highest BCUT2D eigenvalue weighted by molar-refractivity contribution is 7.55. The van der Waals surface area contributed by atoms with Gasteiger partial charge in [0.05, 0.1) is 19.8 Å². The fourth-order valence-corrected chi connectivity index (χ4v) is 3.92. The highest BCUT2D eigenvalue weighted by Gasteiger charge is 2.43. The largest absolute Gasteiger partial charge is 0.395 e. The molecule has 0 heterocycles. The molecule has 0 bridgehead atoms. The zero-order valence-electron chi connectivity index (χ0n) is 14.7. The molecule has 1 aromatic rings. The average molecular weight is 372 g/mol. The third-order valence-corrected chi connectivity index (χ3v) is 5.50. The van der Waals surface area contributed by atoms with E-state index in [0.717, 1.165) is 0 Å². The van der Waals surface area contributed by atoms with Crippen LogP contribution in [-0.4, -0.2) is 61.0 Å². The van der Waals surface area contributed by atoms with Crippen molar-refractivity contribution < 1.29 is 28.3 Å². The molecule has 8 nitrogen and oxygen atoms in total. The Kier molecular flexibility index (Phi) is 8.78. The number of nitrogens with one attached hydrogen (secondary N) is 1. The standard InChI is InChI=1S/C16H25N2O6P/c1-4-23-25(22,24-5-2)15(16(21)18(3)11-12-19)17-14(20)13-9-7-6-8-10-13/h6-10,15,19H,4-5,11-12H2,1-3H3,(H,17,20). The maximum Gasteiger partial charge on any atom is 0.362 e. The number of carbonyl (C=O) groups excluding carboxylic acids is 2. The first-order valence-electron chi connectivity index (χ1n) is 8.00. The van der Waals surface area contributed by atoms with Gasteiger partial charge in [0.1, 0.15) is 0 Å². The van der Waals surface area contributed by atoms with Crippen LogP contribution in [0, 0.1) is 0 Å². The normalized spacial score (nSPS) is 12.5. The summed E-state index contributed by atoms with van der Waals surface area (Å²) in [5.41, 5.74) is 0.310. The molecule has 25 heavy (non-hydrogen) atoms. The van der Waals surface area contributed by atoms with Crippen molar-refractivity contribution in [3.8, 4) is 0 Å². The summed E-state index contributed by atoms with van der Waals surface area (Å²) < 4.78 is 23.5. The van der Waals surface area contributed by atoms with E-state index in [1.807, 2.05) is 0 Å². The van der Waals surface area contributed by atoms with Gasteiger partial charge in [-0.25, -0.2) is 0 Å². The second kappa shape index (κ2) is 10.3. The number of amides is 2. The quantitative estimate of drug-likeness (QED) is 0.603. The van der Waals surface area contributed by atoms with Crippen LogP contribution in [-0.2, 0) is 18.4 Å². The molecular weight excluding hydrogens is 347 g/mol. The van der Waals surface area contributed by atoms with Gasteiger partial charge in [-0.2, -0.15) is 0 Å². The van der Waals surface area contributed by atoms with Gasteiger partial charge >= 0.3 is 7.60 Å². The molecule has 0 spiro atoms. The molecule has 0 saturated heterocycles. The van der Waals surface area contributed by atoms with Crippen LogP contribution in [0.25, 0.3) is 0 Å². The van der Waals surface area contributed by atoms with E-state index < -0.39 is 25.2 Å². The summed E-state index contributed by atoms with van der Waals surface area (Å²) in [6.45, 7) is 3.08. The van der Waals surface area contributed by atoms with E-state index in [4.69, 9.17) is 14.2 Å². The molecule has 2 N–H and O–H groups in total. The van der Waals surface area contributed by atoms with Gasteiger partial charge in [-0.15, -0.1) is 0 Å². The molecule has 1 atom stereocenters. The van der Waals surface area contributed by atoms with Crippen molar-refractivity contribution >= 4 is 19.4 Å². The first-order chi connectivity index (χ1) is 11.9. The lowest BCUT2D eigenvalue weighted by Gasteiger charge is -2.29. The predicted octanol–water partition coefficient (Wildman–Crippen LogP) is 1.46. The molecule has 1 aromatic carbocycles. The third kappa shape index (κ3) is 5.93. The average Bonchev–Trinajstić information content (AvgIpc) is 2.60. The summed E-state index contributed by atoms with van der Waals surface area (Å²) in [6, 6.07) is 8.24. The molecule has 140 valence electrons. The zero-order chi connectivity index (χ0) is 18.9. The van der Waals surface area contributed by atoms with Gasteiger partial charge in [-0.05, 0) is 26.0 Å². The predicted molar refractivity (Wildman–Crippen MR) is 93.3 cm³/mol. The minimum absolute atomic E-state index is 0.0226. The van der Waals surface area contributed by atoms with Crippen LogP contribution in [0.3, 0.4) is 0 Å². The van der Waals surface area contributed by atoms with Crippen molar-refractivity contribution in [1.29, 1.82) is 0 Å². The van der Waals surface area contributed by atoms with Gasteiger partial charge in [0.2, 0.25) is 5.78 Å².